The second-order valence-electron chi connectivity index (χ2n) is 14.1. The molecule has 342 valence electrons. The van der Waals surface area contributed by atoms with Crippen LogP contribution in [0.2, 0.25) is 0 Å². The number of carboxylic acids is 1. The molecule has 16 atom stereocenters. The number of aliphatic hydroxyl groups excluding tert-OH is 10. The van der Waals surface area contributed by atoms with Crippen molar-refractivity contribution < 1.29 is 128 Å². The van der Waals surface area contributed by atoms with E-state index in [4.69, 9.17) is 44.7 Å². The van der Waals surface area contributed by atoms with Gasteiger partial charge in [0.2, 0.25) is 5.79 Å². The van der Waals surface area contributed by atoms with Crippen LogP contribution in [0, 0.1) is 0 Å². The van der Waals surface area contributed by atoms with E-state index in [1.165, 1.54) is 17.6 Å². The Bertz CT molecular complexity index is 1820. The van der Waals surface area contributed by atoms with Crippen molar-refractivity contribution in [1.29, 1.82) is 0 Å². The summed E-state index contributed by atoms with van der Waals surface area (Å²) in [6, 6.07) is 3.41. The molecule has 3 fully saturated rings. The topological polar surface area (TPSA) is 426 Å². The zero-order chi connectivity index (χ0) is 44.6. The first-order valence-electron chi connectivity index (χ1n) is 18.6. The zero-order valence-electron chi connectivity index (χ0n) is 33.0. The third-order valence-electron chi connectivity index (χ3n) is 9.94. The van der Waals surface area contributed by atoms with Gasteiger partial charge >= 0.3 is 35.7 Å². The minimum Gasteiger partial charge on any atom is -0.544 e. The van der Waals surface area contributed by atoms with Crippen molar-refractivity contribution in [2.75, 3.05) is 39.6 Å². The molecule has 2 aromatic rings. The van der Waals surface area contributed by atoms with Crippen LogP contribution in [0.25, 0.3) is 10.2 Å². The molecule has 3 aliphatic heterocycles. The zero-order valence-corrected chi connectivity index (χ0v) is 35.8. The number of carbonyl (C=O) groups excluding carboxylic acids is 2. The van der Waals surface area contributed by atoms with Gasteiger partial charge < -0.3 is 111 Å². The number of alkyl carbamates (subject to hydrolysis) is 1. The fourth-order valence-corrected chi connectivity index (χ4v) is 7.27. The summed E-state index contributed by atoms with van der Waals surface area (Å²) in [7, 11) is 0. The molecule has 0 radical (unpaired) electrons. The van der Waals surface area contributed by atoms with E-state index in [1.807, 2.05) is 0 Å². The SMILES string of the molecule is NCCO[C@@H]1OC(CO)[C@@H](O[C@@H]2OC(CO[C@]3(C(=O)[O-])C[C@@H](O)[C@@H](NC(=O)OC/C(C=Nc4ccc5scnc5c4)=N/N)C([C@H](O)[C@H](O)CO)O3)[C@H](O)[C@H](O)C2O)[C@H](O)C1O.[Na+]. The summed E-state index contributed by atoms with van der Waals surface area (Å²) in [5, 5.41) is 124. The molecule has 0 aliphatic carbocycles. The molecule has 5 rings (SSSR count). The Labute approximate surface area is 377 Å². The van der Waals surface area contributed by atoms with Crippen molar-refractivity contribution in [3.63, 3.8) is 0 Å². The van der Waals surface area contributed by atoms with E-state index >= 15 is 0 Å². The largest absolute Gasteiger partial charge is 1.00 e. The van der Waals surface area contributed by atoms with E-state index in [9.17, 15) is 65.8 Å². The first-order valence-corrected chi connectivity index (χ1v) is 19.5. The van der Waals surface area contributed by atoms with Crippen molar-refractivity contribution in [2.45, 2.75) is 104 Å². The van der Waals surface area contributed by atoms with E-state index in [1.54, 1.807) is 23.7 Å². The van der Waals surface area contributed by atoms with Gasteiger partial charge in [-0.2, -0.15) is 5.10 Å². The van der Waals surface area contributed by atoms with Crippen LogP contribution in [0.1, 0.15) is 6.42 Å². The number of hydrazone groups is 1. The van der Waals surface area contributed by atoms with Gasteiger partial charge in [-0.25, -0.2) is 9.78 Å². The minimum absolute atomic E-state index is 0. The molecule has 0 saturated carbocycles. The van der Waals surface area contributed by atoms with E-state index in [2.05, 4.69) is 20.4 Å². The fourth-order valence-electron chi connectivity index (χ4n) is 6.61. The predicted molar refractivity (Wildman–Crippen MR) is 200 cm³/mol. The Morgan fingerprint density at radius 2 is 1.76 bits per heavy atom. The van der Waals surface area contributed by atoms with Gasteiger partial charge in [0.1, 0.15) is 85.4 Å². The van der Waals surface area contributed by atoms with Gasteiger partial charge in [0.05, 0.1) is 66.2 Å². The average Bonchev–Trinajstić information content (AvgIpc) is 3.73. The van der Waals surface area contributed by atoms with Gasteiger partial charge in [0, 0.05) is 13.0 Å². The van der Waals surface area contributed by atoms with Gasteiger partial charge in [0.25, 0.3) is 0 Å². The molecule has 62 heavy (non-hydrogen) atoms. The summed E-state index contributed by atoms with van der Waals surface area (Å²) >= 11 is 1.43. The number of nitrogens with zero attached hydrogens (tertiary/aromatic N) is 3. The van der Waals surface area contributed by atoms with Gasteiger partial charge in [-0.15, -0.1) is 11.3 Å². The number of amides is 1. The normalized spacial score (nSPS) is 35.3. The smallest absolute Gasteiger partial charge is 0.544 e. The Kier molecular flexibility index (Phi) is 19.7. The Morgan fingerprint density at radius 1 is 1.05 bits per heavy atom. The van der Waals surface area contributed by atoms with Crippen LogP contribution >= 0.6 is 11.3 Å². The van der Waals surface area contributed by atoms with Crippen molar-refractivity contribution >= 4 is 51.2 Å². The molecule has 15 N–H and O–H groups in total. The number of aliphatic carboxylic acids is 1. The third-order valence-corrected chi connectivity index (χ3v) is 10.8. The fraction of sp³-hybridized carbons (Fsp3) is 0.676. The molecule has 5 unspecified atom stereocenters. The molecular formula is C34H49N6NaO20S. The van der Waals surface area contributed by atoms with Crippen LogP contribution in [-0.2, 0) is 38.0 Å². The number of fused-ring (bicyclic) bond motifs is 1. The molecule has 26 nitrogen and oxygen atoms in total. The molecular weight excluding hydrogens is 867 g/mol. The molecule has 28 heteroatoms. The Balaban J connectivity index is 0.00000845. The number of aromatic nitrogens is 1. The summed E-state index contributed by atoms with van der Waals surface area (Å²) in [6.45, 7) is -3.65. The van der Waals surface area contributed by atoms with Crippen LogP contribution < -0.4 is 51.6 Å². The van der Waals surface area contributed by atoms with Crippen molar-refractivity contribution in [3.8, 4) is 0 Å². The Hall–Kier alpha value is -2.69. The number of rotatable bonds is 18. The standard InChI is InChI=1S/C34H50N6O20S.Na/c35-3-4-54-30-27(50)25(48)28(18(9-42)57-30)59-31-26(49)24(47)23(46)19(58-31)11-56-34(32(51)52)6-16(43)21(29(60-34)22(45)17(44)8-41)39-33(53)55-10-14(40-36)7-37-13-1-2-20-15(5-13)38-12-61-20;/h1-2,5,7,12,16-19,21-31,41-50H,3-4,6,8-11,35-36H2,(H,39,53)(H,51,52);/q;+1/p-1/b37-7?,40-14+;/t16-,17-,18?,19?,21-,22-,23+,24+,25-,26?,27?,28-,29?,30-,31+,34-;/m1./s1. The molecule has 3 aliphatic rings. The van der Waals surface area contributed by atoms with E-state index < -0.39 is 143 Å². The maximum absolute atomic E-state index is 12.9. The number of benzene rings is 1. The van der Waals surface area contributed by atoms with Gasteiger partial charge in [-0.1, -0.05) is 0 Å². The number of ether oxygens (including phenoxy) is 7. The number of thiazole rings is 1. The Morgan fingerprint density at radius 3 is 2.42 bits per heavy atom. The number of hydrogen-bond donors (Lipinski definition) is 13. The maximum Gasteiger partial charge on any atom is 1.00 e. The summed E-state index contributed by atoms with van der Waals surface area (Å²) in [4.78, 5) is 34.0. The van der Waals surface area contributed by atoms with Crippen molar-refractivity contribution in [1.82, 2.24) is 10.3 Å². The van der Waals surface area contributed by atoms with Crippen LogP contribution in [0.4, 0.5) is 10.5 Å². The summed E-state index contributed by atoms with van der Waals surface area (Å²) in [5.74, 6) is 0.164. The molecule has 4 heterocycles. The van der Waals surface area contributed by atoms with Crippen LogP contribution in [-0.4, -0.2) is 217 Å². The van der Waals surface area contributed by atoms with Gasteiger partial charge in [-0.05, 0) is 18.2 Å². The summed E-state index contributed by atoms with van der Waals surface area (Å²) in [6.07, 6.45) is -27.7. The van der Waals surface area contributed by atoms with Crippen LogP contribution in [0.5, 0.6) is 0 Å². The monoisotopic (exact) mass is 916 g/mol. The van der Waals surface area contributed by atoms with Crippen LogP contribution in [0.15, 0.2) is 33.8 Å². The second-order valence-corrected chi connectivity index (χ2v) is 14.9. The van der Waals surface area contributed by atoms with Crippen molar-refractivity contribution in [3.05, 3.63) is 23.7 Å². The summed E-state index contributed by atoms with van der Waals surface area (Å²) in [5.41, 5.74) is 8.19. The summed E-state index contributed by atoms with van der Waals surface area (Å²) < 4.78 is 39.0. The maximum atomic E-state index is 12.9. The number of hydrogen-bond acceptors (Lipinski definition) is 26. The minimum atomic E-state index is -3.07. The van der Waals surface area contributed by atoms with E-state index in [-0.39, 0.29) is 48.4 Å². The third kappa shape index (κ3) is 12.1. The predicted octanol–water partition coefficient (Wildman–Crippen LogP) is -10.7. The van der Waals surface area contributed by atoms with Crippen molar-refractivity contribution in [2.24, 2.45) is 21.7 Å². The first kappa shape index (κ1) is 51.9. The second kappa shape index (κ2) is 23.5. The molecule has 0 bridgehead atoms. The van der Waals surface area contributed by atoms with Crippen LogP contribution in [0.3, 0.4) is 0 Å². The van der Waals surface area contributed by atoms with Gasteiger partial charge in [0.15, 0.2) is 12.6 Å². The molecule has 3 saturated heterocycles. The average molecular weight is 917 g/mol. The van der Waals surface area contributed by atoms with E-state index in [0.717, 1.165) is 4.70 Å². The number of nitrogens with one attached hydrogen (secondary N) is 1. The molecule has 0 spiro atoms. The molecule has 1 aromatic carbocycles. The number of aliphatic hydroxyl groups is 10. The van der Waals surface area contributed by atoms with E-state index in [0.29, 0.717) is 11.2 Å². The van der Waals surface area contributed by atoms with Gasteiger partial charge in [-0.3, -0.25) is 4.99 Å². The molecule has 1 amide bonds. The quantitative estimate of drug-likeness (QED) is 0.0286. The number of aliphatic imine (C=N–C) groups is 1. The number of carboxylic acid groups (broad SMARTS) is 1. The number of nitrogens with two attached hydrogens (primary N) is 2. The first-order chi connectivity index (χ1) is 29.1. The number of carbonyl (C=O) groups is 2. The molecule has 1 aromatic heterocycles.